The average molecular weight is 509 g/mol. The number of carbonyl (C=O) groups excluding carboxylic acids is 2. The maximum atomic E-state index is 13.4. The summed E-state index contributed by atoms with van der Waals surface area (Å²) in [5.74, 6) is -0.504. The number of alkyl halides is 3. The minimum Gasteiger partial charge on any atom is -0.497 e. The van der Waals surface area contributed by atoms with Gasteiger partial charge in [-0.15, -0.1) is 0 Å². The molecule has 2 N–H and O–H groups in total. The molecular weight excluding hydrogens is 477 g/mol. The van der Waals surface area contributed by atoms with Crippen molar-refractivity contribution < 1.29 is 37.0 Å². The standard InChI is InChI=1S/C26H31F3N2O5/c1-3-4-5-23(32)31-25(12-14-35-15-13-25)24(33)30-17-18-6-8-19(9-7-18)36-22-11-10-20(34-2)16-21(22)26(27,28)29/h6-11,16H,3-5,12-15,17H2,1-2H3,(H,30,33)(H,31,32). The average Bonchev–Trinajstić information content (AvgIpc) is 2.87. The third-order valence-electron chi connectivity index (χ3n) is 6.01. The number of rotatable bonds is 10. The highest BCUT2D eigenvalue weighted by molar-refractivity contribution is 5.91. The normalized spacial score (nSPS) is 15.1. The Kier molecular flexibility index (Phi) is 9.19. The second-order valence-corrected chi connectivity index (χ2v) is 8.63. The van der Waals surface area contributed by atoms with Crippen LogP contribution in [0.2, 0.25) is 0 Å². The number of ether oxygens (including phenoxy) is 3. The number of methoxy groups -OCH3 is 1. The lowest BCUT2D eigenvalue weighted by atomic mass is 9.88. The van der Waals surface area contributed by atoms with Gasteiger partial charge in [0.15, 0.2) is 0 Å². The lowest BCUT2D eigenvalue weighted by Gasteiger charge is -2.36. The molecule has 1 aliphatic heterocycles. The van der Waals surface area contributed by atoms with Crippen molar-refractivity contribution in [3.8, 4) is 17.2 Å². The molecule has 2 aromatic carbocycles. The zero-order chi connectivity index (χ0) is 26.2. The van der Waals surface area contributed by atoms with Crippen molar-refractivity contribution in [3.05, 3.63) is 53.6 Å². The highest BCUT2D eigenvalue weighted by Gasteiger charge is 2.41. The molecule has 1 fully saturated rings. The fourth-order valence-electron chi connectivity index (χ4n) is 3.90. The number of halogens is 3. The van der Waals surface area contributed by atoms with Gasteiger partial charge < -0.3 is 24.8 Å². The van der Waals surface area contributed by atoms with Crippen LogP contribution in [0.1, 0.15) is 50.2 Å². The first kappa shape index (κ1) is 27.3. The van der Waals surface area contributed by atoms with Crippen LogP contribution in [0, 0.1) is 0 Å². The van der Waals surface area contributed by atoms with Gasteiger partial charge in [-0.1, -0.05) is 25.5 Å². The van der Waals surface area contributed by atoms with Crippen LogP contribution < -0.4 is 20.1 Å². The number of nitrogens with one attached hydrogen (secondary N) is 2. The minimum absolute atomic E-state index is 0.0737. The van der Waals surface area contributed by atoms with Crippen LogP contribution >= 0.6 is 0 Å². The molecule has 0 radical (unpaired) electrons. The molecule has 1 aliphatic rings. The number of amides is 2. The van der Waals surface area contributed by atoms with E-state index in [1.54, 1.807) is 12.1 Å². The van der Waals surface area contributed by atoms with Gasteiger partial charge in [0.25, 0.3) is 0 Å². The zero-order valence-electron chi connectivity index (χ0n) is 20.4. The molecule has 0 aliphatic carbocycles. The molecule has 0 aromatic heterocycles. The maximum Gasteiger partial charge on any atom is 0.420 e. The molecular formula is C26H31F3N2O5. The van der Waals surface area contributed by atoms with E-state index in [0.717, 1.165) is 24.5 Å². The first-order valence-corrected chi connectivity index (χ1v) is 11.9. The summed E-state index contributed by atoms with van der Waals surface area (Å²) >= 11 is 0. The minimum atomic E-state index is -4.61. The largest absolute Gasteiger partial charge is 0.497 e. The van der Waals surface area contributed by atoms with Gasteiger partial charge in [0.1, 0.15) is 28.4 Å². The van der Waals surface area contributed by atoms with Crippen molar-refractivity contribution in [2.75, 3.05) is 20.3 Å². The van der Waals surface area contributed by atoms with E-state index in [-0.39, 0.29) is 35.6 Å². The molecule has 0 bridgehead atoms. The molecule has 2 amide bonds. The Balaban J connectivity index is 1.64. The lowest BCUT2D eigenvalue weighted by molar-refractivity contribution is -0.138. The van der Waals surface area contributed by atoms with Crippen LogP contribution in [0.25, 0.3) is 0 Å². The van der Waals surface area contributed by atoms with Crippen LogP contribution in [0.4, 0.5) is 13.2 Å². The van der Waals surface area contributed by atoms with Gasteiger partial charge in [-0.3, -0.25) is 9.59 Å². The topological polar surface area (TPSA) is 85.9 Å². The first-order valence-electron chi connectivity index (χ1n) is 11.9. The molecule has 0 atom stereocenters. The summed E-state index contributed by atoms with van der Waals surface area (Å²) in [5, 5.41) is 5.78. The Morgan fingerprint density at radius 1 is 1.06 bits per heavy atom. The monoisotopic (exact) mass is 508 g/mol. The highest BCUT2D eigenvalue weighted by Crippen LogP contribution is 2.40. The summed E-state index contributed by atoms with van der Waals surface area (Å²) in [6.45, 7) is 2.92. The van der Waals surface area contributed by atoms with E-state index >= 15 is 0 Å². The molecule has 36 heavy (non-hydrogen) atoms. The molecule has 7 nitrogen and oxygen atoms in total. The Morgan fingerprint density at radius 3 is 2.33 bits per heavy atom. The Hall–Kier alpha value is -3.27. The first-order chi connectivity index (χ1) is 17.2. The van der Waals surface area contributed by atoms with Crippen molar-refractivity contribution in [1.29, 1.82) is 0 Å². The summed E-state index contributed by atoms with van der Waals surface area (Å²) in [6.07, 6.45) is -1.86. The van der Waals surface area contributed by atoms with Gasteiger partial charge in [-0.05, 0) is 42.3 Å². The SMILES string of the molecule is CCCCC(=O)NC1(C(=O)NCc2ccc(Oc3ccc(OC)cc3C(F)(F)F)cc2)CCOCC1. The van der Waals surface area contributed by atoms with Gasteiger partial charge in [0, 0.05) is 39.0 Å². The Labute approximate surface area is 208 Å². The van der Waals surface area contributed by atoms with E-state index in [0.29, 0.717) is 32.5 Å². The number of benzene rings is 2. The van der Waals surface area contributed by atoms with Crippen LogP contribution in [0.3, 0.4) is 0 Å². The second-order valence-electron chi connectivity index (χ2n) is 8.63. The van der Waals surface area contributed by atoms with Crippen molar-refractivity contribution in [2.24, 2.45) is 0 Å². The van der Waals surface area contributed by atoms with E-state index in [2.05, 4.69) is 10.6 Å². The maximum absolute atomic E-state index is 13.4. The smallest absolute Gasteiger partial charge is 0.420 e. The van der Waals surface area contributed by atoms with Crippen molar-refractivity contribution in [2.45, 2.75) is 57.3 Å². The molecule has 0 saturated carbocycles. The van der Waals surface area contributed by atoms with Crippen LogP contribution in [-0.2, 0) is 27.0 Å². The summed E-state index contributed by atoms with van der Waals surface area (Å²) in [5.41, 5.74) is -1.24. The Morgan fingerprint density at radius 2 is 1.72 bits per heavy atom. The van der Waals surface area contributed by atoms with Gasteiger partial charge in [0.2, 0.25) is 11.8 Å². The summed E-state index contributed by atoms with van der Waals surface area (Å²) in [7, 11) is 1.29. The molecule has 0 unspecified atom stereocenters. The van der Waals surface area contributed by atoms with Gasteiger partial charge in [-0.2, -0.15) is 13.2 Å². The second kappa shape index (κ2) is 12.1. The summed E-state index contributed by atoms with van der Waals surface area (Å²) in [4.78, 5) is 25.4. The third kappa shape index (κ3) is 7.13. The zero-order valence-corrected chi connectivity index (χ0v) is 20.4. The van der Waals surface area contributed by atoms with E-state index in [4.69, 9.17) is 14.2 Å². The van der Waals surface area contributed by atoms with E-state index in [1.807, 2.05) is 6.92 Å². The quantitative estimate of drug-likeness (QED) is 0.473. The molecule has 2 aromatic rings. The van der Waals surface area contributed by atoms with Crippen LogP contribution in [-0.4, -0.2) is 37.7 Å². The molecule has 10 heteroatoms. The molecule has 3 rings (SSSR count). The van der Waals surface area contributed by atoms with Crippen molar-refractivity contribution >= 4 is 11.8 Å². The van der Waals surface area contributed by atoms with Crippen LogP contribution in [0.5, 0.6) is 17.2 Å². The van der Waals surface area contributed by atoms with Crippen molar-refractivity contribution in [3.63, 3.8) is 0 Å². The van der Waals surface area contributed by atoms with Gasteiger partial charge in [-0.25, -0.2) is 0 Å². The van der Waals surface area contributed by atoms with Gasteiger partial charge in [0.05, 0.1) is 7.11 Å². The fourth-order valence-corrected chi connectivity index (χ4v) is 3.90. The third-order valence-corrected chi connectivity index (χ3v) is 6.01. The van der Waals surface area contributed by atoms with E-state index in [9.17, 15) is 22.8 Å². The number of hydrogen-bond acceptors (Lipinski definition) is 5. The van der Waals surface area contributed by atoms with Gasteiger partial charge >= 0.3 is 6.18 Å². The summed E-state index contributed by atoms with van der Waals surface area (Å²) < 4.78 is 56.0. The summed E-state index contributed by atoms with van der Waals surface area (Å²) in [6, 6.07) is 9.85. The van der Waals surface area contributed by atoms with E-state index in [1.165, 1.54) is 31.4 Å². The molecule has 0 spiro atoms. The predicted octanol–water partition coefficient (Wildman–Crippen LogP) is 4.98. The fraction of sp³-hybridized carbons (Fsp3) is 0.462. The lowest BCUT2D eigenvalue weighted by Crippen LogP contribution is -2.61. The van der Waals surface area contributed by atoms with Crippen molar-refractivity contribution in [1.82, 2.24) is 10.6 Å². The predicted molar refractivity (Wildman–Crippen MR) is 127 cm³/mol. The molecule has 1 heterocycles. The Bertz CT molecular complexity index is 1030. The molecule has 196 valence electrons. The number of unbranched alkanes of at least 4 members (excludes halogenated alkanes) is 1. The molecule has 1 saturated heterocycles. The highest BCUT2D eigenvalue weighted by atomic mass is 19.4. The number of hydrogen-bond donors (Lipinski definition) is 2. The van der Waals surface area contributed by atoms with Crippen LogP contribution in [0.15, 0.2) is 42.5 Å². The number of carbonyl (C=O) groups is 2. The van der Waals surface area contributed by atoms with E-state index < -0.39 is 17.3 Å².